The molecule has 0 aliphatic carbocycles. The second kappa shape index (κ2) is 6.43. The number of hydrogen-bond acceptors (Lipinski definition) is 3. The minimum absolute atomic E-state index is 0.384. The van der Waals surface area contributed by atoms with Gasteiger partial charge >= 0.3 is 5.97 Å². The molecule has 0 bridgehead atoms. The Morgan fingerprint density at radius 1 is 0.962 bits per heavy atom. The van der Waals surface area contributed by atoms with Crippen molar-refractivity contribution in [3.05, 3.63) is 101 Å². The molecule has 26 heavy (non-hydrogen) atoms. The van der Waals surface area contributed by atoms with E-state index in [1.165, 1.54) is 6.92 Å². The second-order valence-corrected chi connectivity index (χ2v) is 6.57. The largest absolute Gasteiger partial charge is 0.443 e. The molecule has 3 nitrogen and oxygen atoms in total. The number of nitrogens with zero attached hydrogens (tertiary/aromatic N) is 1. The van der Waals surface area contributed by atoms with E-state index in [0.29, 0.717) is 10.7 Å². The Morgan fingerprint density at radius 2 is 1.62 bits per heavy atom. The summed E-state index contributed by atoms with van der Waals surface area (Å²) in [6.45, 7) is 1.41. The van der Waals surface area contributed by atoms with Crippen molar-refractivity contribution >= 4 is 29.0 Å². The van der Waals surface area contributed by atoms with Crippen LogP contribution >= 0.6 is 11.6 Å². The topological polar surface area (TPSA) is 38.7 Å². The van der Waals surface area contributed by atoms with Crippen LogP contribution in [0.5, 0.6) is 0 Å². The summed E-state index contributed by atoms with van der Waals surface area (Å²) in [7, 11) is 0. The van der Waals surface area contributed by atoms with Gasteiger partial charge in [-0.05, 0) is 18.2 Å². The van der Waals surface area contributed by atoms with Crippen LogP contribution in [0.25, 0.3) is 0 Å². The Bertz CT molecular complexity index is 999. The Morgan fingerprint density at radius 3 is 2.27 bits per heavy atom. The number of hydrogen-bond donors (Lipinski definition) is 0. The molecule has 0 radical (unpaired) electrons. The summed E-state index contributed by atoms with van der Waals surface area (Å²) in [5, 5.41) is 0.570. The van der Waals surface area contributed by atoms with Crippen LogP contribution in [-0.4, -0.2) is 11.7 Å². The van der Waals surface area contributed by atoms with Crippen LogP contribution in [0.4, 0.5) is 5.69 Å². The van der Waals surface area contributed by atoms with Gasteiger partial charge in [-0.1, -0.05) is 72.3 Å². The van der Waals surface area contributed by atoms with E-state index in [1.54, 1.807) is 6.07 Å². The molecule has 1 aliphatic rings. The lowest BCUT2D eigenvalue weighted by atomic mass is 9.80. The fourth-order valence-corrected chi connectivity index (χ4v) is 3.59. The number of esters is 1. The highest BCUT2D eigenvalue weighted by Crippen LogP contribution is 2.48. The Balaban J connectivity index is 2.06. The van der Waals surface area contributed by atoms with E-state index in [1.807, 2.05) is 72.8 Å². The first kappa shape index (κ1) is 16.6. The maximum Gasteiger partial charge on any atom is 0.304 e. The summed E-state index contributed by atoms with van der Waals surface area (Å²) in [4.78, 5) is 17.0. The molecule has 0 fully saturated rings. The molecule has 4 heteroatoms. The van der Waals surface area contributed by atoms with E-state index >= 15 is 0 Å². The molecule has 128 valence electrons. The lowest BCUT2D eigenvalue weighted by Crippen LogP contribution is -2.39. The minimum Gasteiger partial charge on any atom is -0.443 e. The van der Waals surface area contributed by atoms with Crippen molar-refractivity contribution in [3.63, 3.8) is 0 Å². The maximum atomic E-state index is 12.1. The molecule has 1 atom stereocenters. The number of rotatable bonds is 3. The normalized spacial score (nSPS) is 18.2. The lowest BCUT2D eigenvalue weighted by Gasteiger charge is -2.32. The zero-order valence-corrected chi connectivity index (χ0v) is 14.9. The highest BCUT2D eigenvalue weighted by Gasteiger charge is 2.49. The van der Waals surface area contributed by atoms with E-state index in [-0.39, 0.29) is 5.97 Å². The zero-order chi connectivity index (χ0) is 18.1. The quantitative estimate of drug-likeness (QED) is 0.595. The van der Waals surface area contributed by atoms with Crippen LogP contribution in [0.1, 0.15) is 23.6 Å². The van der Waals surface area contributed by atoms with Gasteiger partial charge in [0.2, 0.25) is 5.60 Å². The number of aliphatic imine (C=N–C) groups is 1. The molecule has 0 aromatic heterocycles. The van der Waals surface area contributed by atoms with Gasteiger partial charge in [-0.3, -0.25) is 4.79 Å². The third-order valence-corrected chi connectivity index (χ3v) is 4.66. The molecule has 0 N–H and O–H groups in total. The Labute approximate surface area is 156 Å². The van der Waals surface area contributed by atoms with Gasteiger partial charge in [0.1, 0.15) is 5.71 Å². The standard InChI is InChI=1S/C22H16ClNO2/c1-15(25)26-22(17-10-6-3-7-11-17)19-14-18(23)12-13-20(19)24-21(22)16-8-4-2-5-9-16/h2-14H,1H3. The number of fused-ring (bicyclic) bond motifs is 1. The van der Waals surface area contributed by atoms with Gasteiger partial charge in [0, 0.05) is 28.6 Å². The Hall–Kier alpha value is -2.91. The highest BCUT2D eigenvalue weighted by molar-refractivity contribution is 6.31. The van der Waals surface area contributed by atoms with Gasteiger partial charge in [0.15, 0.2) is 0 Å². The monoisotopic (exact) mass is 361 g/mol. The van der Waals surface area contributed by atoms with E-state index in [4.69, 9.17) is 21.3 Å². The van der Waals surface area contributed by atoms with E-state index in [2.05, 4.69) is 0 Å². The number of halogens is 1. The van der Waals surface area contributed by atoms with E-state index < -0.39 is 5.60 Å². The average molecular weight is 362 g/mol. The maximum absolute atomic E-state index is 12.1. The van der Waals surface area contributed by atoms with Gasteiger partial charge in [-0.25, -0.2) is 4.99 Å². The summed E-state index contributed by atoms with van der Waals surface area (Å²) in [5.74, 6) is -0.384. The molecule has 3 aromatic rings. The molecule has 1 unspecified atom stereocenters. The fourth-order valence-electron chi connectivity index (χ4n) is 3.42. The number of carbonyl (C=O) groups is 1. The minimum atomic E-state index is -1.13. The lowest BCUT2D eigenvalue weighted by molar-refractivity contribution is -0.148. The van der Waals surface area contributed by atoms with E-state index in [0.717, 1.165) is 22.4 Å². The number of benzene rings is 3. The summed E-state index contributed by atoms with van der Waals surface area (Å²) in [6, 6.07) is 24.9. The summed E-state index contributed by atoms with van der Waals surface area (Å²) < 4.78 is 6.01. The number of ether oxygens (including phenoxy) is 1. The molecule has 0 amide bonds. The smallest absolute Gasteiger partial charge is 0.304 e. The predicted molar refractivity (Wildman–Crippen MR) is 103 cm³/mol. The third-order valence-electron chi connectivity index (χ3n) is 4.43. The SMILES string of the molecule is CC(=O)OC1(c2ccccc2)C(c2ccccc2)=Nc2ccc(Cl)cc21. The van der Waals surface area contributed by atoms with Crippen molar-refractivity contribution in [2.24, 2.45) is 4.99 Å². The van der Waals surface area contributed by atoms with Gasteiger partial charge in [-0.15, -0.1) is 0 Å². The predicted octanol–water partition coefficient (Wildman–Crippen LogP) is 5.28. The summed E-state index contributed by atoms with van der Waals surface area (Å²) in [5.41, 5.74) is 2.79. The second-order valence-electron chi connectivity index (χ2n) is 6.13. The van der Waals surface area contributed by atoms with Gasteiger partial charge in [0.25, 0.3) is 0 Å². The Kier molecular flexibility index (Phi) is 4.09. The van der Waals surface area contributed by atoms with Crippen molar-refractivity contribution < 1.29 is 9.53 Å². The fraction of sp³-hybridized carbons (Fsp3) is 0.0909. The summed E-state index contributed by atoms with van der Waals surface area (Å²) >= 11 is 6.28. The molecule has 3 aromatic carbocycles. The zero-order valence-electron chi connectivity index (χ0n) is 14.1. The molecule has 0 saturated heterocycles. The van der Waals surface area contributed by atoms with E-state index in [9.17, 15) is 4.79 Å². The molecular formula is C22H16ClNO2. The van der Waals surface area contributed by atoms with Crippen molar-refractivity contribution in [2.45, 2.75) is 12.5 Å². The molecule has 4 rings (SSSR count). The van der Waals surface area contributed by atoms with Crippen LogP contribution < -0.4 is 0 Å². The van der Waals surface area contributed by atoms with Gasteiger partial charge < -0.3 is 4.74 Å². The van der Waals surface area contributed by atoms with Gasteiger partial charge in [0.05, 0.1) is 5.69 Å². The van der Waals surface area contributed by atoms with Crippen LogP contribution in [-0.2, 0) is 15.1 Å². The molecule has 1 heterocycles. The van der Waals surface area contributed by atoms with Crippen molar-refractivity contribution in [3.8, 4) is 0 Å². The highest BCUT2D eigenvalue weighted by atomic mass is 35.5. The molecule has 1 aliphatic heterocycles. The van der Waals surface area contributed by atoms with Crippen LogP contribution in [0.3, 0.4) is 0 Å². The van der Waals surface area contributed by atoms with Crippen LogP contribution in [0.2, 0.25) is 5.02 Å². The van der Waals surface area contributed by atoms with Crippen LogP contribution in [0, 0.1) is 0 Å². The van der Waals surface area contributed by atoms with Crippen molar-refractivity contribution in [1.82, 2.24) is 0 Å². The molecule has 0 saturated carbocycles. The number of carbonyl (C=O) groups excluding carboxylic acids is 1. The van der Waals surface area contributed by atoms with Crippen molar-refractivity contribution in [2.75, 3.05) is 0 Å². The molecule has 0 spiro atoms. The average Bonchev–Trinajstić information content (AvgIpc) is 2.97. The third kappa shape index (κ3) is 2.61. The first-order valence-electron chi connectivity index (χ1n) is 8.31. The molecular weight excluding hydrogens is 346 g/mol. The first-order valence-corrected chi connectivity index (χ1v) is 8.69. The van der Waals surface area contributed by atoms with Crippen LogP contribution in [0.15, 0.2) is 83.9 Å². The summed E-state index contributed by atoms with van der Waals surface area (Å²) in [6.07, 6.45) is 0. The van der Waals surface area contributed by atoms with Gasteiger partial charge in [-0.2, -0.15) is 0 Å². The van der Waals surface area contributed by atoms with Crippen molar-refractivity contribution in [1.29, 1.82) is 0 Å². The first-order chi connectivity index (χ1) is 12.6.